The molecule has 0 aliphatic carbocycles. The number of ether oxygens (including phenoxy) is 1. The largest absolute Gasteiger partial charge is 1.00 e. The van der Waals surface area contributed by atoms with Crippen molar-refractivity contribution < 1.29 is 190 Å². The maximum atomic E-state index is 11.1. The van der Waals surface area contributed by atoms with Crippen LogP contribution in [0.5, 0.6) is 5.75 Å². The predicted octanol–water partition coefficient (Wildman–Crippen LogP) is -5.77. The number of unbranched alkanes of at least 4 members (excludes halogenated alkanes) is 1. The van der Waals surface area contributed by atoms with E-state index in [1.165, 1.54) is 0 Å². The number of hydrogen-bond donors (Lipinski definition) is 3. The summed E-state index contributed by atoms with van der Waals surface area (Å²) in [6.45, 7) is 4.15. The zero-order valence-corrected chi connectivity index (χ0v) is 27.7. The van der Waals surface area contributed by atoms with Gasteiger partial charge in [-0.05, 0) is 50.3 Å². The number of benzene rings is 1. The Balaban J connectivity index is -0.000000240. The summed E-state index contributed by atoms with van der Waals surface area (Å²) in [6, 6.07) is 7.59. The van der Waals surface area contributed by atoms with Gasteiger partial charge in [0.1, 0.15) is 12.4 Å². The topological polar surface area (TPSA) is 121 Å². The van der Waals surface area contributed by atoms with Crippen molar-refractivity contribution in [1.82, 2.24) is 0 Å². The van der Waals surface area contributed by atoms with Crippen LogP contribution in [0, 0.1) is 6.92 Å². The van der Waals surface area contributed by atoms with E-state index in [4.69, 9.17) is 19.1 Å². The van der Waals surface area contributed by atoms with Crippen molar-refractivity contribution >= 4 is 17.7 Å². The molecule has 1 atom stereocenters. The maximum absolute atomic E-state index is 11.1. The summed E-state index contributed by atoms with van der Waals surface area (Å²) in [7, 11) is -9.69. The van der Waals surface area contributed by atoms with E-state index in [0.29, 0.717) is 13.0 Å². The molecule has 0 bridgehead atoms. The Labute approximate surface area is 293 Å². The van der Waals surface area contributed by atoms with E-state index in [-0.39, 0.29) is 171 Å². The van der Waals surface area contributed by atoms with E-state index >= 15 is 0 Å². The van der Waals surface area contributed by atoms with Crippen LogP contribution in [-0.2, 0) is 14.7 Å². The molecule has 0 saturated heterocycles. The first-order chi connectivity index (χ1) is 11.0. The normalized spacial score (nSPS) is 12.9. The van der Waals surface area contributed by atoms with Crippen molar-refractivity contribution in [2.45, 2.75) is 38.1 Å². The Morgan fingerprint density at radius 2 is 1.81 bits per heavy atom. The van der Waals surface area contributed by atoms with Crippen molar-refractivity contribution in [1.29, 1.82) is 0 Å². The standard InChI is InChI=1S/C15H23O7PS.3K.3H/c1-12(11-22-14-9-5-4-8-13(14)2)7-3-6-10-15(23(16,17)18)24(19,20)21;;;;;;/h4-5,7-9,15H,3,6,10-11H2,1-2H3,(H2,16,17,18)(H,19,20,21);;;;;;/q;3*+1;3*-1/b12-7+;;;;;;. The van der Waals surface area contributed by atoms with Crippen LogP contribution in [0.15, 0.2) is 35.9 Å². The second-order valence-electron chi connectivity index (χ2n) is 5.59. The van der Waals surface area contributed by atoms with Gasteiger partial charge >= 0.3 is 162 Å². The van der Waals surface area contributed by atoms with Gasteiger partial charge in [0.05, 0.1) is 0 Å². The summed E-state index contributed by atoms with van der Waals surface area (Å²) in [5, 5.41) is 0. The van der Waals surface area contributed by atoms with Gasteiger partial charge in [0, 0.05) is 0 Å². The van der Waals surface area contributed by atoms with Gasteiger partial charge in [-0.1, -0.05) is 24.3 Å². The minimum atomic E-state index is -4.90. The van der Waals surface area contributed by atoms with Crippen LogP contribution in [0.25, 0.3) is 0 Å². The van der Waals surface area contributed by atoms with Gasteiger partial charge in [0.25, 0.3) is 10.1 Å². The number of para-hydroxylation sites is 1. The molecule has 0 amide bonds. The average molecular weight is 499 g/mol. The third-order valence-electron chi connectivity index (χ3n) is 3.42. The number of aryl methyl sites for hydroxylation is 1. The zero-order valence-electron chi connectivity index (χ0n) is 19.6. The van der Waals surface area contributed by atoms with Crippen LogP contribution in [0.4, 0.5) is 0 Å². The summed E-state index contributed by atoms with van der Waals surface area (Å²) in [4.78, 5) is 15.9. The fourth-order valence-electron chi connectivity index (χ4n) is 2.10. The first-order valence-corrected chi connectivity index (χ1v) is 10.6. The summed E-state index contributed by atoms with van der Waals surface area (Å²) in [6.07, 6.45) is 2.15. The fourth-order valence-corrected chi connectivity index (χ4v) is 4.47. The van der Waals surface area contributed by atoms with E-state index < -0.39 is 22.7 Å². The Hall–Kier alpha value is 3.73. The Morgan fingerprint density at radius 1 is 1.26 bits per heavy atom. The van der Waals surface area contributed by atoms with Crippen LogP contribution in [-0.4, -0.2) is 34.4 Å². The molecule has 0 aliphatic heterocycles. The molecule has 0 spiro atoms. The predicted molar refractivity (Wildman–Crippen MR) is 95.0 cm³/mol. The summed E-state index contributed by atoms with van der Waals surface area (Å²) >= 11 is 0. The van der Waals surface area contributed by atoms with Crippen LogP contribution in [0.1, 0.15) is 36.0 Å². The fraction of sp³-hybridized carbons (Fsp3) is 0.467. The van der Waals surface area contributed by atoms with Crippen molar-refractivity contribution in [2.75, 3.05) is 6.61 Å². The van der Waals surface area contributed by atoms with E-state index in [9.17, 15) is 13.0 Å². The quantitative estimate of drug-likeness (QED) is 0.102. The number of allylic oxidation sites excluding steroid dienone is 1. The molecule has 142 valence electrons. The summed E-state index contributed by atoms with van der Waals surface area (Å²) in [5.41, 5.74) is 1.93. The number of hydrogen-bond acceptors (Lipinski definition) is 4. The monoisotopic (exact) mass is 498 g/mol. The summed E-state index contributed by atoms with van der Waals surface area (Å²) in [5.74, 6) is 0.776. The maximum Gasteiger partial charge on any atom is 1.00 e. The van der Waals surface area contributed by atoms with E-state index in [0.717, 1.165) is 16.9 Å². The third-order valence-corrected chi connectivity index (χ3v) is 6.97. The Bertz CT molecular complexity index is 749. The summed E-state index contributed by atoms with van der Waals surface area (Å²) < 4.78 is 47.7. The minimum Gasteiger partial charge on any atom is -1.00 e. The SMILES string of the molecule is C/C(=C\CCCC(P(=O)(O)O)S(=O)(=O)O)COc1ccccc1C.[H-].[H-].[H-].[K+].[K+].[K+]. The first kappa shape index (κ1) is 35.3. The molecule has 1 rings (SSSR count). The van der Waals surface area contributed by atoms with Crippen molar-refractivity contribution in [3.05, 3.63) is 41.5 Å². The van der Waals surface area contributed by atoms with Crippen LogP contribution < -0.4 is 159 Å². The van der Waals surface area contributed by atoms with Gasteiger partial charge in [-0.25, -0.2) is 0 Å². The molecule has 1 aromatic rings. The van der Waals surface area contributed by atoms with Crippen LogP contribution in [0.2, 0.25) is 0 Å². The Kier molecular flexibility index (Phi) is 22.6. The van der Waals surface area contributed by atoms with Crippen molar-refractivity contribution in [2.24, 2.45) is 0 Å². The molecule has 1 aromatic carbocycles. The van der Waals surface area contributed by atoms with Gasteiger partial charge in [-0.2, -0.15) is 8.42 Å². The molecule has 0 saturated carbocycles. The van der Waals surface area contributed by atoms with E-state index in [1.54, 1.807) is 0 Å². The molecule has 12 heteroatoms. The molecule has 1 unspecified atom stereocenters. The number of rotatable bonds is 9. The van der Waals surface area contributed by atoms with Crippen LogP contribution >= 0.6 is 7.60 Å². The molecular formula is C15H26K3O7PS. The Morgan fingerprint density at radius 3 is 2.30 bits per heavy atom. The average Bonchev–Trinajstić information content (AvgIpc) is 2.43. The molecular weight excluding hydrogens is 472 g/mol. The van der Waals surface area contributed by atoms with Gasteiger partial charge in [-0.15, -0.1) is 0 Å². The van der Waals surface area contributed by atoms with Gasteiger partial charge in [-0.3, -0.25) is 9.12 Å². The van der Waals surface area contributed by atoms with E-state index in [1.807, 2.05) is 44.2 Å². The molecule has 0 radical (unpaired) electrons. The van der Waals surface area contributed by atoms with Gasteiger partial charge in [0.15, 0.2) is 4.99 Å². The second kappa shape index (κ2) is 17.2. The third kappa shape index (κ3) is 15.2. The van der Waals surface area contributed by atoms with Gasteiger partial charge in [0.2, 0.25) is 0 Å². The first-order valence-electron chi connectivity index (χ1n) is 7.37. The van der Waals surface area contributed by atoms with Crippen molar-refractivity contribution in [3.63, 3.8) is 0 Å². The van der Waals surface area contributed by atoms with Crippen LogP contribution in [0.3, 0.4) is 0 Å². The zero-order chi connectivity index (χ0) is 18.4. The molecule has 0 fully saturated rings. The van der Waals surface area contributed by atoms with Gasteiger partial charge < -0.3 is 18.8 Å². The molecule has 7 nitrogen and oxygen atoms in total. The second-order valence-corrected chi connectivity index (χ2v) is 9.34. The molecule has 27 heavy (non-hydrogen) atoms. The molecule has 3 N–H and O–H groups in total. The van der Waals surface area contributed by atoms with Crippen molar-refractivity contribution in [3.8, 4) is 5.75 Å². The molecule has 0 aromatic heterocycles. The smallest absolute Gasteiger partial charge is 1.00 e. The molecule has 0 heterocycles. The van der Waals surface area contributed by atoms with E-state index in [2.05, 4.69) is 0 Å². The minimum absolute atomic E-state index is 0. The molecule has 0 aliphatic rings.